The van der Waals surface area contributed by atoms with Crippen molar-refractivity contribution in [3.05, 3.63) is 59.9 Å². The molecule has 1 amide bonds. The Morgan fingerprint density at radius 1 is 1.07 bits per heavy atom. The van der Waals surface area contributed by atoms with Gasteiger partial charge in [-0.25, -0.2) is 4.39 Å². The van der Waals surface area contributed by atoms with Gasteiger partial charge in [0.2, 0.25) is 0 Å². The molecule has 0 aliphatic carbocycles. The maximum atomic E-state index is 12.8. The molecule has 1 aliphatic rings. The molecule has 0 saturated carbocycles. The summed E-state index contributed by atoms with van der Waals surface area (Å²) in [4.78, 5) is 14.1. The highest BCUT2D eigenvalue weighted by molar-refractivity contribution is 5.77. The van der Waals surface area contributed by atoms with Gasteiger partial charge in [0.25, 0.3) is 5.91 Å². The molecule has 0 aromatic heterocycles. The van der Waals surface area contributed by atoms with E-state index in [1.54, 1.807) is 0 Å². The second kappa shape index (κ2) is 9.92. The summed E-state index contributed by atoms with van der Waals surface area (Å²) in [6.07, 6.45) is 1.77. The van der Waals surface area contributed by atoms with Gasteiger partial charge < -0.3 is 19.7 Å². The average molecular weight is 372 g/mol. The summed E-state index contributed by atoms with van der Waals surface area (Å²) >= 11 is 0. The molecule has 1 heterocycles. The first-order valence-corrected chi connectivity index (χ1v) is 9.27. The lowest BCUT2D eigenvalue weighted by Crippen LogP contribution is -2.36. The number of benzene rings is 2. The Labute approximate surface area is 159 Å². The van der Waals surface area contributed by atoms with Crippen LogP contribution in [0.1, 0.15) is 12.0 Å². The number of carbonyl (C=O) groups is 1. The topological polar surface area (TPSA) is 50.8 Å². The highest BCUT2D eigenvalue weighted by Gasteiger charge is 2.10. The molecule has 0 unspecified atom stereocenters. The first kappa shape index (κ1) is 19.2. The minimum atomic E-state index is -0.329. The SMILES string of the molecule is O=C(COc1ccc(F)cc1)NCCCc1ccc(N2CCOCC2)cc1. The van der Waals surface area contributed by atoms with Crippen molar-refractivity contribution in [2.45, 2.75) is 12.8 Å². The summed E-state index contributed by atoms with van der Waals surface area (Å²) in [6, 6.07) is 14.2. The molecule has 1 saturated heterocycles. The Bertz CT molecular complexity index is 713. The third kappa shape index (κ3) is 6.25. The van der Waals surface area contributed by atoms with Gasteiger partial charge in [-0.2, -0.15) is 0 Å². The van der Waals surface area contributed by atoms with Crippen molar-refractivity contribution in [1.82, 2.24) is 5.32 Å². The molecule has 2 aromatic rings. The molecule has 1 fully saturated rings. The van der Waals surface area contributed by atoms with Gasteiger partial charge in [-0.1, -0.05) is 12.1 Å². The number of halogens is 1. The zero-order chi connectivity index (χ0) is 18.9. The fourth-order valence-electron chi connectivity index (χ4n) is 2.95. The molecule has 0 spiro atoms. The van der Waals surface area contributed by atoms with Gasteiger partial charge in [0.1, 0.15) is 11.6 Å². The van der Waals surface area contributed by atoms with Crippen molar-refractivity contribution in [1.29, 1.82) is 0 Å². The number of amides is 1. The fourth-order valence-corrected chi connectivity index (χ4v) is 2.95. The number of morpholine rings is 1. The van der Waals surface area contributed by atoms with Crippen molar-refractivity contribution in [2.24, 2.45) is 0 Å². The summed E-state index contributed by atoms with van der Waals surface area (Å²) < 4.78 is 23.5. The van der Waals surface area contributed by atoms with E-state index < -0.39 is 0 Å². The maximum Gasteiger partial charge on any atom is 0.257 e. The summed E-state index contributed by atoms with van der Waals surface area (Å²) in [5.74, 6) is -0.0290. The number of nitrogens with zero attached hydrogens (tertiary/aromatic N) is 1. The molecule has 2 aromatic carbocycles. The molecule has 3 rings (SSSR count). The van der Waals surface area contributed by atoms with E-state index in [9.17, 15) is 9.18 Å². The number of aryl methyl sites for hydroxylation is 1. The molecule has 0 radical (unpaired) electrons. The Hall–Kier alpha value is -2.60. The molecule has 1 N–H and O–H groups in total. The Balaban J connectivity index is 1.32. The highest BCUT2D eigenvalue weighted by atomic mass is 19.1. The minimum absolute atomic E-state index is 0.0696. The quantitative estimate of drug-likeness (QED) is 0.724. The van der Waals surface area contributed by atoms with Crippen LogP contribution >= 0.6 is 0 Å². The van der Waals surface area contributed by atoms with Gasteiger partial charge in [-0.05, 0) is 54.8 Å². The maximum absolute atomic E-state index is 12.8. The number of hydrogen-bond donors (Lipinski definition) is 1. The van der Waals surface area contributed by atoms with Crippen LogP contribution < -0.4 is 15.0 Å². The molecule has 1 aliphatic heterocycles. The van der Waals surface area contributed by atoms with E-state index in [2.05, 4.69) is 34.5 Å². The fraction of sp³-hybridized carbons (Fsp3) is 0.381. The van der Waals surface area contributed by atoms with E-state index in [4.69, 9.17) is 9.47 Å². The van der Waals surface area contributed by atoms with Crippen LogP contribution in [0.3, 0.4) is 0 Å². The molecule has 27 heavy (non-hydrogen) atoms. The normalized spacial score (nSPS) is 14.0. The first-order valence-electron chi connectivity index (χ1n) is 9.27. The summed E-state index contributed by atoms with van der Waals surface area (Å²) in [5.41, 5.74) is 2.48. The molecular formula is C21H25FN2O3. The van der Waals surface area contributed by atoms with Crippen molar-refractivity contribution < 1.29 is 18.7 Å². The average Bonchev–Trinajstić information content (AvgIpc) is 2.72. The summed E-state index contributed by atoms with van der Waals surface area (Å²) in [6.45, 7) is 3.96. The number of hydrogen-bond acceptors (Lipinski definition) is 4. The van der Waals surface area contributed by atoms with Crippen LogP contribution in [0.15, 0.2) is 48.5 Å². The number of anilines is 1. The molecule has 144 valence electrons. The lowest BCUT2D eigenvalue weighted by molar-refractivity contribution is -0.123. The number of ether oxygens (including phenoxy) is 2. The third-order valence-electron chi connectivity index (χ3n) is 4.46. The second-order valence-corrected chi connectivity index (χ2v) is 6.46. The van der Waals surface area contributed by atoms with Gasteiger partial charge in [-0.15, -0.1) is 0 Å². The van der Waals surface area contributed by atoms with E-state index in [-0.39, 0.29) is 18.3 Å². The van der Waals surface area contributed by atoms with Crippen LogP contribution in [0.4, 0.5) is 10.1 Å². The third-order valence-corrected chi connectivity index (χ3v) is 4.46. The van der Waals surface area contributed by atoms with E-state index in [1.807, 2.05) is 0 Å². The van der Waals surface area contributed by atoms with Gasteiger partial charge in [-0.3, -0.25) is 4.79 Å². The van der Waals surface area contributed by atoms with Crippen LogP contribution in [-0.2, 0) is 16.0 Å². The van der Waals surface area contributed by atoms with Crippen molar-refractivity contribution >= 4 is 11.6 Å². The zero-order valence-electron chi connectivity index (χ0n) is 15.3. The summed E-state index contributed by atoms with van der Waals surface area (Å²) in [5, 5.41) is 2.84. The lowest BCUT2D eigenvalue weighted by atomic mass is 10.1. The minimum Gasteiger partial charge on any atom is -0.484 e. The number of rotatable bonds is 8. The highest BCUT2D eigenvalue weighted by Crippen LogP contribution is 2.17. The van der Waals surface area contributed by atoms with E-state index in [0.29, 0.717) is 12.3 Å². The van der Waals surface area contributed by atoms with Gasteiger partial charge in [0.15, 0.2) is 6.61 Å². The molecule has 6 heteroatoms. The van der Waals surface area contributed by atoms with Crippen LogP contribution in [0, 0.1) is 5.82 Å². The van der Waals surface area contributed by atoms with Crippen molar-refractivity contribution in [2.75, 3.05) is 44.4 Å². The van der Waals surface area contributed by atoms with E-state index in [1.165, 1.54) is 35.5 Å². The molecule has 0 bridgehead atoms. The van der Waals surface area contributed by atoms with Crippen LogP contribution in [-0.4, -0.2) is 45.4 Å². The predicted molar refractivity (Wildman–Crippen MR) is 103 cm³/mol. The van der Waals surface area contributed by atoms with Gasteiger partial charge in [0.05, 0.1) is 13.2 Å². The molecular weight excluding hydrogens is 347 g/mol. The second-order valence-electron chi connectivity index (χ2n) is 6.46. The van der Waals surface area contributed by atoms with E-state index >= 15 is 0 Å². The predicted octanol–water partition coefficient (Wildman–Crippen LogP) is 2.79. The zero-order valence-corrected chi connectivity index (χ0v) is 15.3. The largest absolute Gasteiger partial charge is 0.484 e. The Kier molecular flexibility index (Phi) is 7.04. The Morgan fingerprint density at radius 2 is 1.78 bits per heavy atom. The molecule has 0 atom stereocenters. The standard InChI is InChI=1S/C21H25FN2O3/c22-18-5-9-20(10-6-18)27-16-21(25)23-11-1-2-17-3-7-19(8-4-17)24-12-14-26-15-13-24/h3-10H,1-2,11-16H2,(H,23,25). The Morgan fingerprint density at radius 3 is 2.48 bits per heavy atom. The number of carbonyl (C=O) groups excluding carboxylic acids is 1. The van der Waals surface area contributed by atoms with Crippen LogP contribution in [0.5, 0.6) is 5.75 Å². The summed E-state index contributed by atoms with van der Waals surface area (Å²) in [7, 11) is 0. The number of nitrogens with one attached hydrogen (secondary N) is 1. The monoisotopic (exact) mass is 372 g/mol. The first-order chi connectivity index (χ1) is 13.2. The van der Waals surface area contributed by atoms with Gasteiger partial charge >= 0.3 is 0 Å². The van der Waals surface area contributed by atoms with Crippen molar-refractivity contribution in [3.63, 3.8) is 0 Å². The smallest absolute Gasteiger partial charge is 0.257 e. The van der Waals surface area contributed by atoms with Crippen LogP contribution in [0.2, 0.25) is 0 Å². The van der Waals surface area contributed by atoms with E-state index in [0.717, 1.165) is 39.1 Å². The van der Waals surface area contributed by atoms with Crippen LogP contribution in [0.25, 0.3) is 0 Å². The lowest BCUT2D eigenvalue weighted by Gasteiger charge is -2.28. The van der Waals surface area contributed by atoms with Crippen molar-refractivity contribution in [3.8, 4) is 5.75 Å². The van der Waals surface area contributed by atoms with Gasteiger partial charge in [0, 0.05) is 25.3 Å². The molecule has 5 nitrogen and oxygen atoms in total.